The van der Waals surface area contributed by atoms with Crippen LogP contribution in [0.15, 0.2) is 53.6 Å². The molecule has 4 rings (SSSR count). The third kappa shape index (κ3) is 7.23. The quantitative estimate of drug-likeness (QED) is 0.301. The van der Waals surface area contributed by atoms with E-state index in [2.05, 4.69) is 30.2 Å². The highest BCUT2D eigenvalue weighted by Gasteiger charge is 2.19. The van der Waals surface area contributed by atoms with E-state index in [0.717, 1.165) is 32.8 Å². The zero-order valence-corrected chi connectivity index (χ0v) is 22.8. The number of halogens is 1. The van der Waals surface area contributed by atoms with E-state index in [4.69, 9.17) is 25.8 Å². The van der Waals surface area contributed by atoms with Crippen LogP contribution in [-0.2, 0) is 14.8 Å². The Labute approximate surface area is 227 Å². The van der Waals surface area contributed by atoms with Crippen LogP contribution in [0.2, 0.25) is 5.02 Å². The highest BCUT2D eigenvalue weighted by Crippen LogP contribution is 2.33. The lowest BCUT2D eigenvalue weighted by molar-refractivity contribution is 0.0322. The van der Waals surface area contributed by atoms with Crippen molar-refractivity contribution in [2.75, 3.05) is 63.7 Å². The summed E-state index contributed by atoms with van der Waals surface area (Å²) in [6.45, 7) is 6.59. The van der Waals surface area contributed by atoms with Gasteiger partial charge in [-0.1, -0.05) is 30.7 Å². The van der Waals surface area contributed by atoms with Crippen molar-refractivity contribution in [2.45, 2.75) is 11.8 Å². The van der Waals surface area contributed by atoms with Crippen LogP contribution in [-0.4, -0.2) is 76.4 Å². The molecule has 1 saturated heterocycles. The first-order valence-corrected chi connectivity index (χ1v) is 14.0. The molecule has 0 unspecified atom stereocenters. The van der Waals surface area contributed by atoms with E-state index >= 15 is 0 Å². The van der Waals surface area contributed by atoms with E-state index in [0.29, 0.717) is 29.5 Å². The molecule has 0 bridgehead atoms. The van der Waals surface area contributed by atoms with Gasteiger partial charge in [-0.15, -0.1) is 0 Å². The number of hydrogen-bond donors (Lipinski definition) is 3. The maximum Gasteiger partial charge on any atom is 0.242 e. The highest BCUT2D eigenvalue weighted by atomic mass is 35.5. The maximum atomic E-state index is 12.6. The average molecular weight is 563 g/mol. The highest BCUT2D eigenvalue weighted by molar-refractivity contribution is 7.89. The van der Waals surface area contributed by atoms with Crippen LogP contribution in [0.1, 0.15) is 6.92 Å². The first kappa shape index (κ1) is 27.9. The van der Waals surface area contributed by atoms with Gasteiger partial charge in [-0.2, -0.15) is 4.98 Å². The number of sulfonamides is 1. The molecule has 0 saturated carbocycles. The van der Waals surface area contributed by atoms with E-state index in [9.17, 15) is 8.42 Å². The SMILES string of the molecule is CCNS(=O)(=O)c1ccccc1Nc1nc(Nc2cc(OCCN3CCOCC3)ccc2OC)ncc1Cl. The molecular weight excluding hydrogens is 532 g/mol. The van der Waals surface area contributed by atoms with Gasteiger partial charge in [0, 0.05) is 32.2 Å². The number of rotatable bonds is 12. The fourth-order valence-electron chi connectivity index (χ4n) is 3.83. The number of hydrogen-bond acceptors (Lipinski definition) is 10. The lowest BCUT2D eigenvalue weighted by atomic mass is 10.2. The van der Waals surface area contributed by atoms with Crippen molar-refractivity contribution in [1.82, 2.24) is 19.6 Å². The summed E-state index contributed by atoms with van der Waals surface area (Å²) in [5, 5.41) is 6.38. The van der Waals surface area contributed by atoms with Crippen LogP contribution in [0.25, 0.3) is 0 Å². The van der Waals surface area contributed by atoms with Crippen molar-refractivity contribution in [2.24, 2.45) is 0 Å². The number of nitrogens with zero attached hydrogens (tertiary/aromatic N) is 3. The number of anilines is 4. The van der Waals surface area contributed by atoms with Crippen molar-refractivity contribution in [3.05, 3.63) is 53.7 Å². The van der Waals surface area contributed by atoms with Gasteiger partial charge in [0.1, 0.15) is 28.0 Å². The molecule has 1 fully saturated rings. The molecule has 38 heavy (non-hydrogen) atoms. The second-order valence-corrected chi connectivity index (χ2v) is 10.4. The number of methoxy groups -OCH3 is 1. The van der Waals surface area contributed by atoms with Crippen LogP contribution in [0, 0.1) is 0 Å². The Morgan fingerprint density at radius 3 is 2.66 bits per heavy atom. The van der Waals surface area contributed by atoms with Crippen LogP contribution in [0.5, 0.6) is 11.5 Å². The summed E-state index contributed by atoms with van der Waals surface area (Å²) in [6, 6.07) is 11.9. The zero-order chi connectivity index (χ0) is 27.0. The smallest absolute Gasteiger partial charge is 0.242 e. The molecule has 0 amide bonds. The van der Waals surface area contributed by atoms with Gasteiger partial charge in [-0.3, -0.25) is 4.90 Å². The third-order valence-electron chi connectivity index (χ3n) is 5.71. The molecule has 2 heterocycles. The molecule has 11 nitrogen and oxygen atoms in total. The minimum absolute atomic E-state index is 0.0784. The topological polar surface area (TPSA) is 127 Å². The Balaban J connectivity index is 1.50. The van der Waals surface area contributed by atoms with E-state index < -0.39 is 10.0 Å². The predicted octanol–water partition coefficient (Wildman–Crippen LogP) is 3.64. The molecule has 1 aromatic heterocycles. The molecule has 2 aromatic carbocycles. The van der Waals surface area contributed by atoms with Gasteiger partial charge in [0.05, 0.1) is 37.9 Å². The molecule has 0 atom stereocenters. The number of nitrogens with one attached hydrogen (secondary N) is 3. The van der Waals surface area contributed by atoms with Crippen molar-refractivity contribution < 1.29 is 22.6 Å². The van der Waals surface area contributed by atoms with Gasteiger partial charge in [0.15, 0.2) is 5.82 Å². The number of benzene rings is 2. The average Bonchev–Trinajstić information content (AvgIpc) is 2.91. The standard InChI is InChI=1S/C25H31ClN6O5S/c1-3-28-38(33,34)23-7-5-4-6-20(23)29-24-19(26)17-27-25(31-24)30-21-16-18(8-9-22(21)35-2)37-15-12-32-10-13-36-14-11-32/h4-9,16-17,28H,3,10-15H2,1-2H3,(H2,27,29,30,31). The normalized spacial score (nSPS) is 14.2. The molecule has 3 N–H and O–H groups in total. The zero-order valence-electron chi connectivity index (χ0n) is 21.2. The number of ether oxygens (including phenoxy) is 3. The van der Waals surface area contributed by atoms with Gasteiger partial charge in [-0.25, -0.2) is 18.1 Å². The largest absolute Gasteiger partial charge is 0.495 e. The summed E-state index contributed by atoms with van der Waals surface area (Å²) in [4.78, 5) is 11.1. The predicted molar refractivity (Wildman–Crippen MR) is 147 cm³/mol. The molecule has 0 spiro atoms. The van der Waals surface area contributed by atoms with Gasteiger partial charge in [0.2, 0.25) is 16.0 Å². The summed E-state index contributed by atoms with van der Waals surface area (Å²) in [7, 11) is -2.15. The lowest BCUT2D eigenvalue weighted by Gasteiger charge is -2.26. The Morgan fingerprint density at radius 2 is 1.89 bits per heavy atom. The van der Waals surface area contributed by atoms with Crippen LogP contribution in [0.3, 0.4) is 0 Å². The van der Waals surface area contributed by atoms with Crippen molar-refractivity contribution >= 4 is 44.8 Å². The number of morpholine rings is 1. The molecule has 0 aliphatic carbocycles. The summed E-state index contributed by atoms with van der Waals surface area (Å²) in [5.41, 5.74) is 0.924. The molecule has 3 aromatic rings. The fourth-order valence-corrected chi connectivity index (χ4v) is 5.17. The Hall–Kier alpha value is -3.16. The second kappa shape index (κ2) is 13.1. The first-order chi connectivity index (χ1) is 18.4. The Bertz CT molecular complexity index is 1340. The fraction of sp³-hybridized carbons (Fsp3) is 0.360. The molecular formula is C25H31ClN6O5S. The summed E-state index contributed by atoms with van der Waals surface area (Å²) in [6.07, 6.45) is 1.43. The lowest BCUT2D eigenvalue weighted by Crippen LogP contribution is -2.38. The number of aromatic nitrogens is 2. The van der Waals surface area contributed by atoms with Crippen LogP contribution < -0.4 is 24.8 Å². The van der Waals surface area contributed by atoms with Crippen LogP contribution >= 0.6 is 11.6 Å². The summed E-state index contributed by atoms with van der Waals surface area (Å²) < 4.78 is 44.6. The van der Waals surface area contributed by atoms with Crippen molar-refractivity contribution in [3.63, 3.8) is 0 Å². The molecule has 13 heteroatoms. The van der Waals surface area contributed by atoms with Gasteiger partial charge >= 0.3 is 0 Å². The summed E-state index contributed by atoms with van der Waals surface area (Å²) >= 11 is 6.35. The molecule has 1 aliphatic heterocycles. The summed E-state index contributed by atoms with van der Waals surface area (Å²) in [5.74, 6) is 1.70. The first-order valence-electron chi connectivity index (χ1n) is 12.2. The number of para-hydroxylation sites is 1. The monoisotopic (exact) mass is 562 g/mol. The third-order valence-corrected chi connectivity index (χ3v) is 7.59. The molecule has 1 aliphatic rings. The van der Waals surface area contributed by atoms with Gasteiger partial charge < -0.3 is 24.8 Å². The minimum Gasteiger partial charge on any atom is -0.495 e. The van der Waals surface area contributed by atoms with Gasteiger partial charge in [0.25, 0.3) is 0 Å². The Kier molecular flexibility index (Phi) is 9.58. The maximum absolute atomic E-state index is 12.6. The van der Waals surface area contributed by atoms with Crippen molar-refractivity contribution in [1.29, 1.82) is 0 Å². The molecule has 0 radical (unpaired) electrons. The van der Waals surface area contributed by atoms with Crippen LogP contribution in [0.4, 0.5) is 23.1 Å². The van der Waals surface area contributed by atoms with E-state index in [1.165, 1.54) is 12.3 Å². The van der Waals surface area contributed by atoms with Crippen molar-refractivity contribution in [3.8, 4) is 11.5 Å². The Morgan fingerprint density at radius 1 is 1.11 bits per heavy atom. The second-order valence-electron chi connectivity index (χ2n) is 8.30. The van der Waals surface area contributed by atoms with E-state index in [1.807, 2.05) is 12.1 Å². The van der Waals surface area contributed by atoms with E-state index in [-0.39, 0.29) is 28.2 Å². The molecule has 204 valence electrons. The minimum atomic E-state index is -3.72. The van der Waals surface area contributed by atoms with E-state index in [1.54, 1.807) is 38.3 Å². The van der Waals surface area contributed by atoms with Gasteiger partial charge in [-0.05, 0) is 24.3 Å².